The number of nitrogens with two attached hydrogens (primary N) is 1. The molecule has 2 rings (SSSR count). The molecule has 0 bridgehead atoms. The molecule has 0 unspecified atom stereocenters. The predicted octanol–water partition coefficient (Wildman–Crippen LogP) is 3.05. The van der Waals surface area contributed by atoms with Crippen LogP contribution < -0.4 is 11.1 Å². The van der Waals surface area contributed by atoms with E-state index in [-0.39, 0.29) is 0 Å². The third kappa shape index (κ3) is 3.58. The van der Waals surface area contributed by atoms with Gasteiger partial charge in [-0.15, -0.1) is 0 Å². The molecule has 0 aliphatic carbocycles. The van der Waals surface area contributed by atoms with Crippen molar-refractivity contribution in [3.8, 4) is 0 Å². The molecule has 0 amide bonds. The van der Waals surface area contributed by atoms with E-state index in [9.17, 15) is 0 Å². The molecule has 0 aliphatic rings. The van der Waals surface area contributed by atoms with Crippen LogP contribution in [0.4, 0.5) is 11.4 Å². The summed E-state index contributed by atoms with van der Waals surface area (Å²) >= 11 is 0. The summed E-state index contributed by atoms with van der Waals surface area (Å²) in [6.07, 6.45) is 5.17. The first-order chi connectivity index (χ1) is 9.33. The van der Waals surface area contributed by atoms with E-state index in [1.165, 1.54) is 0 Å². The van der Waals surface area contributed by atoms with E-state index in [2.05, 4.69) is 10.3 Å². The number of pyridine rings is 1. The van der Waals surface area contributed by atoms with Crippen molar-refractivity contribution in [2.75, 3.05) is 31.3 Å². The molecule has 1 aromatic heterocycles. The lowest BCUT2D eigenvalue weighted by atomic mass is 10.1. The largest absolute Gasteiger partial charge is 0.397 e. The fourth-order valence-electron chi connectivity index (χ4n) is 2.10. The summed E-state index contributed by atoms with van der Waals surface area (Å²) < 4.78 is 5.03. The summed E-state index contributed by atoms with van der Waals surface area (Å²) in [5.41, 5.74) is 8.87. The van der Waals surface area contributed by atoms with Crippen LogP contribution in [-0.4, -0.2) is 25.2 Å². The number of nitrogens with one attached hydrogen (secondary N) is 1. The van der Waals surface area contributed by atoms with Crippen LogP contribution in [0.15, 0.2) is 30.5 Å². The molecule has 2 aromatic rings. The Morgan fingerprint density at radius 1 is 1.21 bits per heavy atom. The van der Waals surface area contributed by atoms with Gasteiger partial charge >= 0.3 is 0 Å². The normalized spacial score (nSPS) is 10.8. The molecule has 0 aliphatic heterocycles. The molecule has 19 heavy (non-hydrogen) atoms. The van der Waals surface area contributed by atoms with E-state index in [0.29, 0.717) is 0 Å². The van der Waals surface area contributed by atoms with Gasteiger partial charge in [0.25, 0.3) is 0 Å². The molecule has 0 radical (unpaired) electrons. The van der Waals surface area contributed by atoms with Crippen LogP contribution in [0.3, 0.4) is 0 Å². The molecular formula is C15H21N3O. The van der Waals surface area contributed by atoms with Crippen molar-refractivity contribution in [3.05, 3.63) is 30.5 Å². The quantitative estimate of drug-likeness (QED) is 0.592. The van der Waals surface area contributed by atoms with Gasteiger partial charge in [-0.2, -0.15) is 0 Å². The fraction of sp³-hybridized carbons (Fsp3) is 0.400. The highest BCUT2D eigenvalue weighted by molar-refractivity contribution is 5.96. The summed E-state index contributed by atoms with van der Waals surface area (Å²) in [5, 5.41) is 4.39. The van der Waals surface area contributed by atoms with Crippen molar-refractivity contribution in [2.45, 2.75) is 19.3 Å². The first-order valence-corrected chi connectivity index (χ1v) is 6.69. The third-order valence-corrected chi connectivity index (χ3v) is 3.17. The van der Waals surface area contributed by atoms with Gasteiger partial charge in [0, 0.05) is 31.8 Å². The van der Waals surface area contributed by atoms with Crippen LogP contribution in [0.1, 0.15) is 19.3 Å². The third-order valence-electron chi connectivity index (χ3n) is 3.17. The number of ether oxygens (including phenoxy) is 1. The molecule has 102 valence electrons. The molecule has 0 atom stereocenters. The van der Waals surface area contributed by atoms with Gasteiger partial charge in [0.1, 0.15) is 0 Å². The Labute approximate surface area is 114 Å². The van der Waals surface area contributed by atoms with Crippen molar-refractivity contribution < 1.29 is 4.74 Å². The summed E-state index contributed by atoms with van der Waals surface area (Å²) in [7, 11) is 1.74. The second-order valence-electron chi connectivity index (χ2n) is 4.58. The number of hydrogen-bond acceptors (Lipinski definition) is 4. The lowest BCUT2D eigenvalue weighted by Crippen LogP contribution is -2.05. The Hall–Kier alpha value is -1.81. The number of aromatic nitrogens is 1. The molecule has 1 aromatic carbocycles. The molecule has 0 spiro atoms. The number of nitrogen functional groups attached to an aromatic ring is 1. The lowest BCUT2D eigenvalue weighted by molar-refractivity contribution is 0.192. The zero-order valence-corrected chi connectivity index (χ0v) is 11.4. The summed E-state index contributed by atoms with van der Waals surface area (Å²) in [6, 6.07) is 7.91. The van der Waals surface area contributed by atoms with Gasteiger partial charge in [-0.3, -0.25) is 4.98 Å². The van der Waals surface area contributed by atoms with Gasteiger partial charge in [0.2, 0.25) is 0 Å². The number of unbranched alkanes of at least 4 members (excludes halogenated alkanes) is 2. The topological polar surface area (TPSA) is 60.2 Å². The summed E-state index contributed by atoms with van der Waals surface area (Å²) in [6.45, 7) is 1.77. The van der Waals surface area contributed by atoms with E-state index in [1.807, 2.05) is 24.3 Å². The zero-order valence-electron chi connectivity index (χ0n) is 11.4. The highest BCUT2D eigenvalue weighted by atomic mass is 16.5. The fourth-order valence-corrected chi connectivity index (χ4v) is 2.10. The minimum Gasteiger partial charge on any atom is -0.397 e. The van der Waals surface area contributed by atoms with E-state index >= 15 is 0 Å². The Morgan fingerprint density at radius 3 is 2.95 bits per heavy atom. The number of hydrogen-bond donors (Lipinski definition) is 2. The van der Waals surface area contributed by atoms with Crippen LogP contribution in [0.25, 0.3) is 10.9 Å². The molecule has 4 nitrogen and oxygen atoms in total. The summed E-state index contributed by atoms with van der Waals surface area (Å²) in [4.78, 5) is 4.29. The van der Waals surface area contributed by atoms with Crippen molar-refractivity contribution in [1.29, 1.82) is 0 Å². The highest BCUT2D eigenvalue weighted by Crippen LogP contribution is 2.27. The van der Waals surface area contributed by atoms with Gasteiger partial charge in [0.05, 0.1) is 16.9 Å². The van der Waals surface area contributed by atoms with Crippen LogP contribution in [0.2, 0.25) is 0 Å². The Balaban J connectivity index is 1.92. The number of methoxy groups -OCH3 is 1. The molecular weight excluding hydrogens is 238 g/mol. The smallest absolute Gasteiger partial charge is 0.0724 e. The van der Waals surface area contributed by atoms with Gasteiger partial charge < -0.3 is 15.8 Å². The summed E-state index contributed by atoms with van der Waals surface area (Å²) in [5.74, 6) is 0. The van der Waals surface area contributed by atoms with Crippen molar-refractivity contribution in [1.82, 2.24) is 4.98 Å². The first kappa shape index (κ1) is 13.6. The maximum absolute atomic E-state index is 6.16. The molecule has 3 N–H and O–H groups in total. The number of nitrogens with zero attached hydrogens (tertiary/aromatic N) is 1. The Morgan fingerprint density at radius 2 is 2.11 bits per heavy atom. The number of fused-ring (bicyclic) bond motifs is 1. The predicted molar refractivity (Wildman–Crippen MR) is 80.4 cm³/mol. The maximum Gasteiger partial charge on any atom is 0.0724 e. The average Bonchev–Trinajstić information content (AvgIpc) is 2.45. The monoisotopic (exact) mass is 259 g/mol. The van der Waals surface area contributed by atoms with Crippen molar-refractivity contribution >= 4 is 22.3 Å². The van der Waals surface area contributed by atoms with Gasteiger partial charge in [0.15, 0.2) is 0 Å². The number of anilines is 2. The van der Waals surface area contributed by atoms with Crippen LogP contribution in [0, 0.1) is 0 Å². The van der Waals surface area contributed by atoms with Crippen LogP contribution in [0.5, 0.6) is 0 Å². The van der Waals surface area contributed by atoms with E-state index < -0.39 is 0 Å². The molecule has 4 heteroatoms. The number of rotatable bonds is 7. The molecule has 0 fully saturated rings. The van der Waals surface area contributed by atoms with E-state index in [4.69, 9.17) is 10.5 Å². The van der Waals surface area contributed by atoms with Crippen molar-refractivity contribution in [3.63, 3.8) is 0 Å². The van der Waals surface area contributed by atoms with Crippen LogP contribution in [-0.2, 0) is 4.74 Å². The zero-order chi connectivity index (χ0) is 13.5. The second-order valence-corrected chi connectivity index (χ2v) is 4.58. The van der Waals surface area contributed by atoms with E-state index in [0.717, 1.165) is 54.7 Å². The molecule has 1 heterocycles. The van der Waals surface area contributed by atoms with Crippen LogP contribution >= 0.6 is 0 Å². The van der Waals surface area contributed by atoms with Gasteiger partial charge in [-0.1, -0.05) is 0 Å². The lowest BCUT2D eigenvalue weighted by Gasteiger charge is -2.11. The molecule has 0 saturated heterocycles. The molecule has 0 saturated carbocycles. The van der Waals surface area contributed by atoms with E-state index in [1.54, 1.807) is 13.3 Å². The Bertz CT molecular complexity index is 528. The average molecular weight is 259 g/mol. The van der Waals surface area contributed by atoms with Gasteiger partial charge in [-0.25, -0.2) is 0 Å². The highest BCUT2D eigenvalue weighted by Gasteiger charge is 2.03. The number of benzene rings is 1. The Kier molecular flexibility index (Phi) is 4.98. The van der Waals surface area contributed by atoms with Gasteiger partial charge in [-0.05, 0) is 43.5 Å². The minimum atomic E-state index is 0.780. The first-order valence-electron chi connectivity index (χ1n) is 6.69. The SMILES string of the molecule is COCCCCCNc1ccc2ncccc2c1N. The maximum atomic E-state index is 6.16. The second kappa shape index (κ2) is 6.95. The minimum absolute atomic E-state index is 0.780. The standard InChI is InChI=1S/C15H21N3O/c1-19-11-4-2-3-9-18-14-8-7-13-12(15(14)16)6-5-10-17-13/h5-8,10,18H,2-4,9,11,16H2,1H3. The van der Waals surface area contributed by atoms with Crippen molar-refractivity contribution in [2.24, 2.45) is 0 Å².